The summed E-state index contributed by atoms with van der Waals surface area (Å²) in [6.45, 7) is 4.41. The van der Waals surface area contributed by atoms with Crippen molar-refractivity contribution < 1.29 is 9.53 Å². The molecule has 146 valence electrons. The number of carbonyl (C=O) groups excluding carboxylic acids is 1. The smallest absolute Gasteiger partial charge is 0.255 e. The summed E-state index contributed by atoms with van der Waals surface area (Å²) >= 11 is 0. The number of aromatic amines is 1. The van der Waals surface area contributed by atoms with E-state index in [-0.39, 0.29) is 16.9 Å². The van der Waals surface area contributed by atoms with Crippen LogP contribution in [0.25, 0.3) is 0 Å². The molecule has 0 radical (unpaired) electrons. The van der Waals surface area contributed by atoms with E-state index in [1.807, 2.05) is 0 Å². The molecule has 1 aromatic rings. The Morgan fingerprint density at radius 3 is 2.70 bits per heavy atom. The van der Waals surface area contributed by atoms with Gasteiger partial charge in [0, 0.05) is 43.1 Å². The van der Waals surface area contributed by atoms with Gasteiger partial charge in [-0.2, -0.15) is 0 Å². The summed E-state index contributed by atoms with van der Waals surface area (Å²) in [5, 5.41) is 0. The van der Waals surface area contributed by atoms with Crippen LogP contribution < -0.4 is 10.5 Å². The SMILES string of the molecule is O=C(C1CCC1)N1CCCC2(CCc3c2nc(N2CCOCC2)[nH]c3=O)C1. The number of H-pyrrole nitrogens is 1. The molecule has 2 aliphatic heterocycles. The molecule has 3 fully saturated rings. The van der Waals surface area contributed by atoms with E-state index in [0.717, 1.165) is 76.0 Å². The van der Waals surface area contributed by atoms with E-state index in [0.29, 0.717) is 25.1 Å². The Hall–Kier alpha value is -1.89. The van der Waals surface area contributed by atoms with Gasteiger partial charge in [-0.3, -0.25) is 14.6 Å². The van der Waals surface area contributed by atoms with Crippen LogP contribution in [0.5, 0.6) is 0 Å². The summed E-state index contributed by atoms with van der Waals surface area (Å²) < 4.78 is 5.43. The Labute approximate surface area is 159 Å². The van der Waals surface area contributed by atoms with Gasteiger partial charge in [0.05, 0.1) is 18.9 Å². The number of aromatic nitrogens is 2. The minimum Gasteiger partial charge on any atom is -0.378 e. The Bertz CT molecular complexity index is 797. The number of piperidine rings is 1. The standard InChI is InChI=1S/C20H28N4O3/c25-17-15-5-7-20(6-2-8-24(13-20)18(26)14-3-1-4-14)16(15)21-19(22-17)23-9-11-27-12-10-23/h14H,1-13H2,(H,21,22,25). The first-order valence-corrected chi connectivity index (χ1v) is 10.4. The van der Waals surface area contributed by atoms with Crippen LogP contribution in [0.2, 0.25) is 0 Å². The summed E-state index contributed by atoms with van der Waals surface area (Å²) in [5.74, 6) is 1.23. The van der Waals surface area contributed by atoms with Gasteiger partial charge in [0.25, 0.3) is 5.56 Å². The van der Waals surface area contributed by atoms with Crippen LogP contribution in [0.4, 0.5) is 5.95 Å². The third-order valence-electron chi connectivity index (χ3n) is 7.01. The van der Waals surface area contributed by atoms with Crippen molar-refractivity contribution in [2.24, 2.45) is 5.92 Å². The zero-order chi connectivity index (χ0) is 18.4. The van der Waals surface area contributed by atoms with Gasteiger partial charge in [-0.05, 0) is 38.5 Å². The van der Waals surface area contributed by atoms with Gasteiger partial charge in [0.15, 0.2) is 0 Å². The highest BCUT2D eigenvalue weighted by molar-refractivity contribution is 5.80. The van der Waals surface area contributed by atoms with Crippen molar-refractivity contribution in [3.8, 4) is 0 Å². The first kappa shape index (κ1) is 17.2. The van der Waals surface area contributed by atoms with E-state index in [4.69, 9.17) is 9.72 Å². The summed E-state index contributed by atoms with van der Waals surface area (Å²) in [4.78, 5) is 37.7. The predicted octanol–water partition coefficient (Wildman–Crippen LogP) is 1.21. The number of carbonyl (C=O) groups is 1. The Kier molecular flexibility index (Phi) is 4.22. The molecule has 2 aliphatic carbocycles. The molecule has 1 amide bonds. The number of hydrogen-bond donors (Lipinski definition) is 1. The number of hydrogen-bond acceptors (Lipinski definition) is 5. The van der Waals surface area contributed by atoms with Gasteiger partial charge >= 0.3 is 0 Å². The summed E-state index contributed by atoms with van der Waals surface area (Å²) in [5.41, 5.74) is 1.66. The van der Waals surface area contributed by atoms with Crippen LogP contribution in [0.15, 0.2) is 4.79 Å². The second kappa shape index (κ2) is 6.62. The minimum absolute atomic E-state index is 0.000750. The second-order valence-electron chi connectivity index (χ2n) is 8.59. The lowest BCUT2D eigenvalue weighted by Gasteiger charge is -2.43. The lowest BCUT2D eigenvalue weighted by molar-refractivity contribution is -0.140. The summed E-state index contributed by atoms with van der Waals surface area (Å²) in [6.07, 6.45) is 6.98. The van der Waals surface area contributed by atoms with E-state index in [2.05, 4.69) is 14.8 Å². The van der Waals surface area contributed by atoms with Crippen molar-refractivity contribution in [2.45, 2.75) is 50.4 Å². The molecule has 4 aliphatic rings. The molecule has 0 bridgehead atoms. The lowest BCUT2D eigenvalue weighted by atomic mass is 9.76. The number of anilines is 1. The lowest BCUT2D eigenvalue weighted by Crippen LogP contribution is -2.50. The average molecular weight is 372 g/mol. The fraction of sp³-hybridized carbons (Fsp3) is 0.750. The molecule has 27 heavy (non-hydrogen) atoms. The largest absolute Gasteiger partial charge is 0.378 e. The van der Waals surface area contributed by atoms with E-state index in [1.165, 1.54) is 6.42 Å². The first-order chi connectivity index (χ1) is 13.2. The van der Waals surface area contributed by atoms with Crippen molar-refractivity contribution >= 4 is 11.9 Å². The third kappa shape index (κ3) is 2.87. The molecule has 1 unspecified atom stereocenters. The fourth-order valence-corrected chi connectivity index (χ4v) is 5.19. The van der Waals surface area contributed by atoms with E-state index >= 15 is 0 Å². The first-order valence-electron chi connectivity index (χ1n) is 10.4. The number of likely N-dealkylation sites (tertiary alicyclic amines) is 1. The molecule has 7 nitrogen and oxygen atoms in total. The third-order valence-corrected chi connectivity index (χ3v) is 7.01. The van der Waals surface area contributed by atoms with Gasteiger partial charge < -0.3 is 14.5 Å². The number of nitrogens with one attached hydrogen (secondary N) is 1. The molecule has 1 N–H and O–H groups in total. The quantitative estimate of drug-likeness (QED) is 0.844. The second-order valence-corrected chi connectivity index (χ2v) is 8.59. The summed E-state index contributed by atoms with van der Waals surface area (Å²) in [7, 11) is 0. The van der Waals surface area contributed by atoms with Gasteiger partial charge in [-0.25, -0.2) is 4.98 Å². The Balaban J connectivity index is 1.46. The number of nitrogens with zero attached hydrogens (tertiary/aromatic N) is 3. The number of amides is 1. The topological polar surface area (TPSA) is 78.5 Å². The van der Waals surface area contributed by atoms with Crippen LogP contribution in [0, 0.1) is 5.92 Å². The number of rotatable bonds is 2. The fourth-order valence-electron chi connectivity index (χ4n) is 5.19. The van der Waals surface area contributed by atoms with Gasteiger partial charge in [-0.15, -0.1) is 0 Å². The molecule has 1 spiro atoms. The summed E-state index contributed by atoms with van der Waals surface area (Å²) in [6, 6.07) is 0. The molecule has 5 rings (SSSR count). The maximum Gasteiger partial charge on any atom is 0.255 e. The molecular formula is C20H28N4O3. The average Bonchev–Trinajstić information content (AvgIpc) is 2.99. The van der Waals surface area contributed by atoms with E-state index < -0.39 is 0 Å². The Morgan fingerprint density at radius 2 is 1.96 bits per heavy atom. The van der Waals surface area contributed by atoms with Crippen molar-refractivity contribution in [2.75, 3.05) is 44.3 Å². The monoisotopic (exact) mass is 372 g/mol. The van der Waals surface area contributed by atoms with Crippen molar-refractivity contribution in [3.63, 3.8) is 0 Å². The van der Waals surface area contributed by atoms with E-state index in [1.54, 1.807) is 0 Å². The molecule has 0 aromatic carbocycles. The van der Waals surface area contributed by atoms with Gasteiger partial charge in [0.2, 0.25) is 11.9 Å². The number of morpholine rings is 1. The molecular weight excluding hydrogens is 344 g/mol. The van der Waals surface area contributed by atoms with Crippen LogP contribution in [0.3, 0.4) is 0 Å². The molecule has 1 atom stereocenters. The van der Waals surface area contributed by atoms with Crippen LogP contribution in [-0.2, 0) is 21.4 Å². The molecule has 1 aromatic heterocycles. The zero-order valence-electron chi connectivity index (χ0n) is 15.8. The van der Waals surface area contributed by atoms with Gasteiger partial charge in [-0.1, -0.05) is 6.42 Å². The minimum atomic E-state index is -0.137. The zero-order valence-corrected chi connectivity index (χ0v) is 15.8. The molecule has 7 heteroatoms. The molecule has 2 saturated heterocycles. The predicted molar refractivity (Wildman–Crippen MR) is 101 cm³/mol. The highest BCUT2D eigenvalue weighted by Crippen LogP contribution is 2.44. The van der Waals surface area contributed by atoms with Crippen LogP contribution in [-0.4, -0.2) is 60.2 Å². The Morgan fingerprint density at radius 1 is 1.15 bits per heavy atom. The number of fused-ring (bicyclic) bond motifs is 2. The maximum atomic E-state index is 12.8. The molecule has 1 saturated carbocycles. The molecule has 3 heterocycles. The highest BCUT2D eigenvalue weighted by atomic mass is 16.5. The van der Waals surface area contributed by atoms with Crippen molar-refractivity contribution in [1.29, 1.82) is 0 Å². The van der Waals surface area contributed by atoms with E-state index in [9.17, 15) is 9.59 Å². The normalized spacial score (nSPS) is 28.3. The maximum absolute atomic E-state index is 12.8. The van der Waals surface area contributed by atoms with Crippen LogP contribution >= 0.6 is 0 Å². The van der Waals surface area contributed by atoms with Gasteiger partial charge in [0.1, 0.15) is 0 Å². The van der Waals surface area contributed by atoms with Crippen molar-refractivity contribution in [1.82, 2.24) is 14.9 Å². The van der Waals surface area contributed by atoms with Crippen LogP contribution in [0.1, 0.15) is 49.8 Å². The highest BCUT2D eigenvalue weighted by Gasteiger charge is 2.46. The number of ether oxygens (including phenoxy) is 1. The van der Waals surface area contributed by atoms with Crippen molar-refractivity contribution in [3.05, 3.63) is 21.6 Å².